The number of benzene rings is 1. The summed E-state index contributed by atoms with van der Waals surface area (Å²) in [5.41, 5.74) is 1.12. The summed E-state index contributed by atoms with van der Waals surface area (Å²) in [5.74, 6) is 0. The fourth-order valence-corrected chi connectivity index (χ4v) is 2.77. The van der Waals surface area contributed by atoms with E-state index in [-0.39, 0.29) is 10.6 Å². The molecule has 1 saturated heterocycles. The first kappa shape index (κ1) is 13.5. The van der Waals surface area contributed by atoms with Crippen molar-refractivity contribution in [1.29, 1.82) is 0 Å². The summed E-state index contributed by atoms with van der Waals surface area (Å²) in [6.07, 6.45) is 0. The third-order valence-electron chi connectivity index (χ3n) is 3.01. The highest BCUT2D eigenvalue weighted by Gasteiger charge is 2.17. The summed E-state index contributed by atoms with van der Waals surface area (Å²) in [6.45, 7) is 5.82. The molecule has 0 aromatic heterocycles. The van der Waals surface area contributed by atoms with Crippen LogP contribution in [0.2, 0.25) is 0 Å². The molecule has 1 aromatic carbocycles. The van der Waals surface area contributed by atoms with E-state index in [0.29, 0.717) is 6.04 Å². The molecule has 2 rings (SSSR count). The summed E-state index contributed by atoms with van der Waals surface area (Å²) >= 11 is 3.32. The average molecular weight is 314 g/mol. The number of rotatable bonds is 3. The molecule has 1 heterocycles. The normalized spacial score (nSPS) is 20.9. The minimum atomic E-state index is -0.353. The van der Waals surface area contributed by atoms with Gasteiger partial charge in [-0.2, -0.15) is 0 Å². The maximum atomic E-state index is 10.8. The second kappa shape index (κ2) is 5.77. The number of hydrogen-bond donors (Lipinski definition) is 1. The fourth-order valence-electron chi connectivity index (χ4n) is 2.24. The summed E-state index contributed by atoms with van der Waals surface area (Å²) < 4.78 is 0.759. The van der Waals surface area contributed by atoms with Crippen LogP contribution in [0.25, 0.3) is 0 Å². The van der Waals surface area contributed by atoms with Crippen LogP contribution in [0.1, 0.15) is 12.5 Å². The van der Waals surface area contributed by atoms with Gasteiger partial charge in [0.2, 0.25) is 0 Å². The Hall–Kier alpha value is -0.980. The quantitative estimate of drug-likeness (QED) is 0.686. The van der Waals surface area contributed by atoms with Gasteiger partial charge in [0.15, 0.2) is 0 Å². The maximum absolute atomic E-state index is 10.8. The van der Waals surface area contributed by atoms with E-state index in [4.69, 9.17) is 0 Å². The second-order valence-corrected chi connectivity index (χ2v) is 5.58. The lowest BCUT2D eigenvalue weighted by Gasteiger charge is -2.31. The number of non-ortho nitro benzene ring substituents is 1. The number of nitrogens with one attached hydrogen (secondary N) is 1. The van der Waals surface area contributed by atoms with E-state index in [2.05, 4.69) is 33.1 Å². The van der Waals surface area contributed by atoms with E-state index in [1.165, 1.54) is 6.07 Å². The van der Waals surface area contributed by atoms with Gasteiger partial charge in [-0.05, 0) is 18.6 Å². The summed E-state index contributed by atoms with van der Waals surface area (Å²) in [6, 6.07) is 5.60. The predicted molar refractivity (Wildman–Crippen MR) is 73.5 cm³/mol. The maximum Gasteiger partial charge on any atom is 0.270 e. The molecular weight excluding hydrogens is 298 g/mol. The Bertz CT molecular complexity index is 453. The summed E-state index contributed by atoms with van der Waals surface area (Å²) in [4.78, 5) is 12.8. The van der Waals surface area contributed by atoms with Crippen LogP contribution in [0.4, 0.5) is 5.69 Å². The molecule has 0 aliphatic carbocycles. The molecule has 5 nitrogen and oxygen atoms in total. The smallest absolute Gasteiger partial charge is 0.270 e. The first-order chi connectivity index (χ1) is 8.54. The van der Waals surface area contributed by atoms with Crippen LogP contribution in [0.5, 0.6) is 0 Å². The molecule has 1 aliphatic rings. The second-order valence-electron chi connectivity index (χ2n) is 4.67. The van der Waals surface area contributed by atoms with Gasteiger partial charge in [0.05, 0.1) is 4.92 Å². The number of hydrogen-bond acceptors (Lipinski definition) is 4. The minimum absolute atomic E-state index is 0.141. The molecule has 0 saturated carbocycles. The molecule has 1 aromatic rings. The zero-order valence-corrected chi connectivity index (χ0v) is 11.8. The molecule has 18 heavy (non-hydrogen) atoms. The molecule has 0 amide bonds. The van der Waals surface area contributed by atoms with Crippen LogP contribution >= 0.6 is 15.9 Å². The number of halogens is 1. The highest BCUT2D eigenvalue weighted by Crippen LogP contribution is 2.22. The van der Waals surface area contributed by atoms with Gasteiger partial charge in [0.25, 0.3) is 5.69 Å². The van der Waals surface area contributed by atoms with E-state index in [0.717, 1.165) is 36.2 Å². The van der Waals surface area contributed by atoms with Crippen LogP contribution in [-0.2, 0) is 6.54 Å². The molecule has 1 aliphatic heterocycles. The number of piperazine rings is 1. The van der Waals surface area contributed by atoms with Crippen LogP contribution < -0.4 is 5.32 Å². The monoisotopic (exact) mass is 313 g/mol. The van der Waals surface area contributed by atoms with Gasteiger partial charge in [-0.1, -0.05) is 15.9 Å². The molecule has 0 bridgehead atoms. The summed E-state index contributed by atoms with van der Waals surface area (Å²) in [5, 5.41) is 14.2. The van der Waals surface area contributed by atoms with Crippen molar-refractivity contribution in [2.24, 2.45) is 0 Å². The Balaban J connectivity index is 2.10. The van der Waals surface area contributed by atoms with Gasteiger partial charge in [-0.3, -0.25) is 15.0 Å². The van der Waals surface area contributed by atoms with Crippen LogP contribution in [0, 0.1) is 10.1 Å². The zero-order chi connectivity index (χ0) is 13.1. The van der Waals surface area contributed by atoms with Gasteiger partial charge >= 0.3 is 0 Å². The van der Waals surface area contributed by atoms with Crippen molar-refractivity contribution < 1.29 is 4.92 Å². The topological polar surface area (TPSA) is 58.4 Å². The van der Waals surface area contributed by atoms with Crippen molar-refractivity contribution in [3.8, 4) is 0 Å². The van der Waals surface area contributed by atoms with Crippen molar-refractivity contribution >= 4 is 21.6 Å². The van der Waals surface area contributed by atoms with Crippen LogP contribution in [-0.4, -0.2) is 35.5 Å². The van der Waals surface area contributed by atoms with Gasteiger partial charge in [-0.15, -0.1) is 0 Å². The zero-order valence-electron chi connectivity index (χ0n) is 10.2. The van der Waals surface area contributed by atoms with E-state index < -0.39 is 0 Å². The van der Waals surface area contributed by atoms with Crippen molar-refractivity contribution in [3.05, 3.63) is 38.3 Å². The molecule has 1 N–H and O–H groups in total. The third-order valence-corrected chi connectivity index (χ3v) is 3.47. The van der Waals surface area contributed by atoms with E-state index >= 15 is 0 Å². The molecule has 1 fully saturated rings. The highest BCUT2D eigenvalue weighted by molar-refractivity contribution is 9.10. The molecule has 98 valence electrons. The minimum Gasteiger partial charge on any atom is -0.312 e. The van der Waals surface area contributed by atoms with E-state index in [1.54, 1.807) is 6.07 Å². The van der Waals surface area contributed by atoms with Crippen molar-refractivity contribution in [1.82, 2.24) is 10.2 Å². The lowest BCUT2D eigenvalue weighted by atomic mass is 10.1. The first-order valence-corrected chi connectivity index (χ1v) is 6.73. The average Bonchev–Trinajstić information content (AvgIpc) is 2.28. The Kier molecular flexibility index (Phi) is 4.31. The van der Waals surface area contributed by atoms with Crippen molar-refractivity contribution in [3.63, 3.8) is 0 Å². The van der Waals surface area contributed by atoms with Gasteiger partial charge in [-0.25, -0.2) is 0 Å². The molecule has 0 spiro atoms. The van der Waals surface area contributed by atoms with Gasteiger partial charge in [0, 0.05) is 48.8 Å². The molecule has 6 heteroatoms. The fraction of sp³-hybridized carbons (Fsp3) is 0.500. The Morgan fingerprint density at radius 3 is 3.00 bits per heavy atom. The largest absolute Gasteiger partial charge is 0.312 e. The SMILES string of the molecule is CC1CN(Cc2cc(Br)cc([N+](=O)[O-])c2)CCN1. The molecule has 0 radical (unpaired) electrons. The van der Waals surface area contributed by atoms with Gasteiger partial charge in [0.1, 0.15) is 0 Å². The van der Waals surface area contributed by atoms with E-state index in [9.17, 15) is 10.1 Å². The van der Waals surface area contributed by atoms with Crippen LogP contribution in [0.3, 0.4) is 0 Å². The van der Waals surface area contributed by atoms with E-state index in [1.807, 2.05) is 6.07 Å². The molecular formula is C12H16BrN3O2. The molecule has 1 unspecified atom stereocenters. The predicted octanol–water partition coefficient (Wildman–Crippen LogP) is 2.15. The van der Waals surface area contributed by atoms with Crippen LogP contribution in [0.15, 0.2) is 22.7 Å². The van der Waals surface area contributed by atoms with Crippen molar-refractivity contribution in [2.75, 3.05) is 19.6 Å². The first-order valence-electron chi connectivity index (χ1n) is 5.94. The van der Waals surface area contributed by atoms with Crippen molar-refractivity contribution in [2.45, 2.75) is 19.5 Å². The number of nitro groups is 1. The molecule has 1 atom stereocenters. The standard InChI is InChI=1S/C12H16BrN3O2/c1-9-7-15(3-2-14-9)8-10-4-11(13)6-12(5-10)16(17)18/h4-6,9,14H,2-3,7-8H2,1H3. The highest BCUT2D eigenvalue weighted by atomic mass is 79.9. The lowest BCUT2D eigenvalue weighted by Crippen LogP contribution is -2.48. The number of nitrogens with zero attached hydrogens (tertiary/aromatic N) is 2. The Morgan fingerprint density at radius 1 is 1.56 bits per heavy atom. The summed E-state index contributed by atoms with van der Waals surface area (Å²) in [7, 11) is 0. The Morgan fingerprint density at radius 2 is 2.33 bits per heavy atom. The lowest BCUT2D eigenvalue weighted by molar-refractivity contribution is -0.385. The number of nitro benzene ring substituents is 1. The third kappa shape index (κ3) is 3.51. The van der Waals surface area contributed by atoms with Gasteiger partial charge < -0.3 is 5.32 Å². The Labute approximate surface area is 114 Å².